The lowest BCUT2D eigenvalue weighted by Crippen LogP contribution is -2.43. The van der Waals surface area contributed by atoms with Crippen LogP contribution in [0.5, 0.6) is 0 Å². The molecule has 1 unspecified atom stereocenters. The predicted octanol–water partition coefficient (Wildman–Crippen LogP) is 1.91. The minimum Gasteiger partial charge on any atom is -0.346 e. The molecule has 1 atom stereocenters. The Bertz CT molecular complexity index is 517. The van der Waals surface area contributed by atoms with Gasteiger partial charge in [-0.1, -0.05) is 0 Å². The molecule has 96 valence electrons. The predicted molar refractivity (Wildman–Crippen MR) is 68.3 cm³/mol. The van der Waals surface area contributed by atoms with Crippen molar-refractivity contribution in [1.82, 2.24) is 8.87 Å². The van der Waals surface area contributed by atoms with Gasteiger partial charge >= 0.3 is 0 Å². The van der Waals surface area contributed by atoms with Crippen LogP contribution in [0.3, 0.4) is 0 Å². The molecule has 0 spiro atoms. The lowest BCUT2D eigenvalue weighted by molar-refractivity contribution is 0.278. The van der Waals surface area contributed by atoms with Crippen LogP contribution in [-0.2, 0) is 16.6 Å². The van der Waals surface area contributed by atoms with Gasteiger partial charge in [-0.15, -0.1) is 0 Å². The summed E-state index contributed by atoms with van der Waals surface area (Å²) in [5.74, 6) is 0. The summed E-state index contributed by atoms with van der Waals surface area (Å²) in [6.45, 7) is 8.82. The van der Waals surface area contributed by atoms with Crippen molar-refractivity contribution in [3.05, 3.63) is 23.5 Å². The Hall–Kier alpha value is -0.810. The molecule has 0 aliphatic carbocycles. The van der Waals surface area contributed by atoms with Crippen molar-refractivity contribution in [2.45, 2.75) is 45.5 Å². The SMILES string of the molecule is Cc1ccc2n1CCN(S(=O)(=O)C(C)C)C2C. The molecule has 1 aromatic rings. The summed E-state index contributed by atoms with van der Waals surface area (Å²) in [5, 5.41) is -0.354. The van der Waals surface area contributed by atoms with E-state index in [1.165, 1.54) is 5.69 Å². The van der Waals surface area contributed by atoms with E-state index in [-0.39, 0.29) is 11.3 Å². The summed E-state index contributed by atoms with van der Waals surface area (Å²) >= 11 is 0. The van der Waals surface area contributed by atoms with E-state index in [9.17, 15) is 8.42 Å². The molecular formula is C12H20N2O2S. The van der Waals surface area contributed by atoms with Crippen LogP contribution in [0.1, 0.15) is 38.2 Å². The third kappa shape index (κ3) is 1.91. The van der Waals surface area contributed by atoms with Crippen molar-refractivity contribution in [2.75, 3.05) is 6.54 Å². The van der Waals surface area contributed by atoms with Gasteiger partial charge in [-0.25, -0.2) is 8.42 Å². The van der Waals surface area contributed by atoms with Crippen LogP contribution in [-0.4, -0.2) is 29.1 Å². The van der Waals surface area contributed by atoms with Crippen LogP contribution in [0.15, 0.2) is 12.1 Å². The number of sulfonamides is 1. The molecule has 0 aromatic carbocycles. The van der Waals surface area contributed by atoms with Crippen LogP contribution in [0, 0.1) is 6.92 Å². The monoisotopic (exact) mass is 256 g/mol. The van der Waals surface area contributed by atoms with E-state index in [0.29, 0.717) is 6.54 Å². The molecule has 0 amide bonds. The third-order valence-electron chi connectivity index (χ3n) is 3.56. The van der Waals surface area contributed by atoms with Crippen LogP contribution in [0.4, 0.5) is 0 Å². The van der Waals surface area contributed by atoms with Crippen LogP contribution in [0.2, 0.25) is 0 Å². The lowest BCUT2D eigenvalue weighted by atomic mass is 10.2. The van der Waals surface area contributed by atoms with Gasteiger partial charge in [-0.05, 0) is 39.8 Å². The van der Waals surface area contributed by atoms with E-state index in [1.54, 1.807) is 18.2 Å². The van der Waals surface area contributed by atoms with Crippen LogP contribution >= 0.6 is 0 Å². The highest BCUT2D eigenvalue weighted by atomic mass is 32.2. The Morgan fingerprint density at radius 2 is 1.94 bits per heavy atom. The zero-order valence-corrected chi connectivity index (χ0v) is 11.7. The fraction of sp³-hybridized carbons (Fsp3) is 0.667. The number of hydrogen-bond donors (Lipinski definition) is 0. The average Bonchev–Trinajstić information content (AvgIpc) is 2.61. The number of rotatable bonds is 2. The fourth-order valence-electron chi connectivity index (χ4n) is 2.42. The molecule has 1 aliphatic heterocycles. The van der Waals surface area contributed by atoms with Gasteiger partial charge < -0.3 is 4.57 Å². The largest absolute Gasteiger partial charge is 0.346 e. The maximum atomic E-state index is 12.2. The van der Waals surface area contributed by atoms with E-state index in [0.717, 1.165) is 12.2 Å². The molecule has 17 heavy (non-hydrogen) atoms. The second-order valence-electron chi connectivity index (χ2n) is 4.93. The van der Waals surface area contributed by atoms with Crippen molar-refractivity contribution < 1.29 is 8.42 Å². The molecule has 1 aromatic heterocycles. The molecule has 0 saturated carbocycles. The van der Waals surface area contributed by atoms with Gasteiger partial charge in [0.2, 0.25) is 10.0 Å². The van der Waals surface area contributed by atoms with E-state index in [4.69, 9.17) is 0 Å². The summed E-state index contributed by atoms with van der Waals surface area (Å²) in [5.41, 5.74) is 2.30. The normalized spacial score (nSPS) is 21.8. The van der Waals surface area contributed by atoms with Gasteiger partial charge in [0.15, 0.2) is 0 Å². The third-order valence-corrected chi connectivity index (χ3v) is 5.90. The number of hydrogen-bond acceptors (Lipinski definition) is 2. The van der Waals surface area contributed by atoms with E-state index >= 15 is 0 Å². The first-order chi connectivity index (χ1) is 7.85. The van der Waals surface area contributed by atoms with Gasteiger partial charge in [-0.3, -0.25) is 0 Å². The van der Waals surface area contributed by atoms with Gasteiger partial charge in [0, 0.05) is 24.5 Å². The Balaban J connectivity index is 2.39. The van der Waals surface area contributed by atoms with Gasteiger partial charge in [0.25, 0.3) is 0 Å². The molecule has 4 nitrogen and oxygen atoms in total. The Morgan fingerprint density at radius 1 is 1.29 bits per heavy atom. The summed E-state index contributed by atoms with van der Waals surface area (Å²) in [4.78, 5) is 0. The van der Waals surface area contributed by atoms with Gasteiger partial charge in [0.05, 0.1) is 11.3 Å². The van der Waals surface area contributed by atoms with Crippen molar-refractivity contribution >= 4 is 10.0 Å². The zero-order chi connectivity index (χ0) is 12.8. The minimum absolute atomic E-state index is 0.0650. The van der Waals surface area contributed by atoms with Crippen LogP contribution < -0.4 is 0 Å². The fourth-order valence-corrected chi connectivity index (χ4v) is 3.84. The van der Waals surface area contributed by atoms with Crippen molar-refractivity contribution in [1.29, 1.82) is 0 Å². The standard InChI is InChI=1S/C12H20N2O2S/c1-9(2)17(15,16)14-8-7-13-10(3)5-6-12(13)11(14)4/h5-6,9,11H,7-8H2,1-4H3. The zero-order valence-electron chi connectivity index (χ0n) is 10.8. The molecule has 2 rings (SSSR count). The highest BCUT2D eigenvalue weighted by Gasteiger charge is 2.34. The second-order valence-corrected chi connectivity index (χ2v) is 7.37. The van der Waals surface area contributed by atoms with Gasteiger partial charge in [-0.2, -0.15) is 4.31 Å². The first-order valence-corrected chi connectivity index (χ1v) is 7.52. The maximum absolute atomic E-state index is 12.2. The molecule has 2 heterocycles. The Kier molecular flexibility index (Phi) is 3.08. The summed E-state index contributed by atoms with van der Waals surface area (Å²) in [7, 11) is -3.16. The Morgan fingerprint density at radius 3 is 2.53 bits per heavy atom. The number of fused-ring (bicyclic) bond motifs is 1. The molecule has 0 N–H and O–H groups in total. The van der Waals surface area contributed by atoms with E-state index in [2.05, 4.69) is 17.6 Å². The first kappa shape index (κ1) is 12.6. The topological polar surface area (TPSA) is 42.3 Å². The Labute approximate surface area is 103 Å². The quantitative estimate of drug-likeness (QED) is 0.811. The molecule has 0 fully saturated rings. The smallest absolute Gasteiger partial charge is 0.217 e. The van der Waals surface area contributed by atoms with E-state index < -0.39 is 10.0 Å². The van der Waals surface area contributed by atoms with Crippen molar-refractivity contribution in [2.24, 2.45) is 0 Å². The van der Waals surface area contributed by atoms with Crippen molar-refractivity contribution in [3.63, 3.8) is 0 Å². The average molecular weight is 256 g/mol. The summed E-state index contributed by atoms with van der Waals surface area (Å²) in [6, 6.07) is 4.02. The number of aryl methyl sites for hydroxylation is 1. The summed E-state index contributed by atoms with van der Waals surface area (Å²) < 4.78 is 28.3. The highest BCUT2D eigenvalue weighted by Crippen LogP contribution is 2.30. The van der Waals surface area contributed by atoms with Crippen LogP contribution in [0.25, 0.3) is 0 Å². The second kappa shape index (κ2) is 4.14. The van der Waals surface area contributed by atoms with Crippen molar-refractivity contribution in [3.8, 4) is 0 Å². The number of nitrogens with zero attached hydrogens (tertiary/aromatic N) is 2. The lowest BCUT2D eigenvalue weighted by Gasteiger charge is -2.35. The molecule has 1 aliphatic rings. The molecule has 0 saturated heterocycles. The molecule has 5 heteroatoms. The highest BCUT2D eigenvalue weighted by molar-refractivity contribution is 7.89. The maximum Gasteiger partial charge on any atom is 0.217 e. The van der Waals surface area contributed by atoms with Gasteiger partial charge in [0.1, 0.15) is 0 Å². The molecule has 0 bridgehead atoms. The summed E-state index contributed by atoms with van der Waals surface area (Å²) in [6.07, 6.45) is 0. The minimum atomic E-state index is -3.16. The first-order valence-electron chi connectivity index (χ1n) is 6.02. The number of aromatic nitrogens is 1. The molecule has 0 radical (unpaired) electrons. The van der Waals surface area contributed by atoms with E-state index in [1.807, 2.05) is 13.0 Å². The molecular weight excluding hydrogens is 236 g/mol.